The van der Waals surface area contributed by atoms with Gasteiger partial charge in [-0.05, 0) is 0 Å². The Balaban J connectivity index is 4.30. The molecule has 0 unspecified atom stereocenters. The van der Waals surface area contributed by atoms with Crippen LogP contribution in [0.4, 0.5) is 0 Å². The predicted molar refractivity (Wildman–Crippen MR) is 40.5 cm³/mol. The molecule has 0 amide bonds. The van der Waals surface area contributed by atoms with E-state index in [4.69, 9.17) is 5.39 Å². The highest BCUT2D eigenvalue weighted by Crippen LogP contribution is 2.00. The Morgan fingerprint density at radius 3 is 1.70 bits per heavy atom. The van der Waals surface area contributed by atoms with Gasteiger partial charge in [0.1, 0.15) is 0 Å². The van der Waals surface area contributed by atoms with E-state index in [2.05, 4.69) is 4.98 Å². The van der Waals surface area contributed by atoms with Crippen molar-refractivity contribution >= 4 is 0 Å². The summed E-state index contributed by atoms with van der Waals surface area (Å²) in [4.78, 5) is 6.65. The van der Waals surface area contributed by atoms with Gasteiger partial charge in [-0.25, -0.2) is 0 Å². The maximum absolute atomic E-state index is 8.23. The molecular weight excluding hydrogens is 128 g/mol. The van der Waals surface area contributed by atoms with Gasteiger partial charge in [0.05, 0.1) is 0 Å². The summed E-state index contributed by atoms with van der Waals surface area (Å²) in [6.07, 6.45) is 1.39. The van der Waals surface area contributed by atoms with E-state index in [0.29, 0.717) is 0 Å². The quantitative estimate of drug-likeness (QED) is 0.532. The highest BCUT2D eigenvalue weighted by Gasteiger charge is 2.06. The van der Waals surface area contributed by atoms with Crippen LogP contribution in [0.5, 0.6) is 0 Å². The molecule has 0 saturated carbocycles. The Kier molecular flexibility index (Phi) is 3.26. The molecule has 0 aromatic carbocycles. The molecule has 0 aliphatic carbocycles. The number of nitrogens with zero attached hydrogens (tertiary/aromatic N) is 4. The second-order valence-corrected chi connectivity index (χ2v) is 2.39. The third-order valence-corrected chi connectivity index (χ3v) is 1.09. The summed E-state index contributed by atoms with van der Waals surface area (Å²) in [6, 6.07) is 0. The monoisotopic (exact) mass is 141 g/mol. The van der Waals surface area contributed by atoms with Crippen molar-refractivity contribution in [1.82, 2.24) is 9.80 Å². The summed E-state index contributed by atoms with van der Waals surface area (Å²) in [5.74, 6) is 0.850. The minimum absolute atomic E-state index is 0.850. The van der Waals surface area contributed by atoms with Gasteiger partial charge in [-0.2, -0.15) is 0 Å². The zero-order chi connectivity index (χ0) is 8.15. The highest BCUT2D eigenvalue weighted by molar-refractivity contribution is 5.00. The summed E-state index contributed by atoms with van der Waals surface area (Å²) in [6.45, 7) is 0. The maximum atomic E-state index is 8.23. The fourth-order valence-electron chi connectivity index (χ4n) is 0.683. The summed E-state index contributed by atoms with van der Waals surface area (Å²) < 4.78 is 0. The van der Waals surface area contributed by atoms with E-state index in [1.165, 1.54) is 6.20 Å². The molecule has 0 aliphatic rings. The van der Waals surface area contributed by atoms with Gasteiger partial charge in [-0.3, -0.25) is 0 Å². The lowest BCUT2D eigenvalue weighted by atomic mass is 10.6. The maximum Gasteiger partial charge on any atom is 0.390 e. The Labute approximate surface area is 61.4 Å². The van der Waals surface area contributed by atoms with Crippen molar-refractivity contribution in [3.8, 4) is 0 Å². The molecule has 0 spiro atoms. The molecule has 0 aromatic heterocycles. The average Bonchev–Trinajstić information content (AvgIpc) is 1.81. The molecule has 0 aliphatic heterocycles. The number of hydrogen-bond donors (Lipinski definition) is 0. The molecule has 4 heteroatoms. The molecule has 0 fully saturated rings. The molecular formula is C6H13N4+. The first kappa shape index (κ1) is 8.76. The fourth-order valence-corrected chi connectivity index (χ4v) is 0.683. The number of rotatable bonds is 2. The van der Waals surface area contributed by atoms with E-state index in [0.717, 1.165) is 5.82 Å². The predicted octanol–water partition coefficient (Wildman–Crippen LogP) is 0.762. The third kappa shape index (κ3) is 2.35. The lowest BCUT2D eigenvalue weighted by Gasteiger charge is -2.19. The molecule has 0 N–H and O–H groups in total. The highest BCUT2D eigenvalue weighted by atomic mass is 15.3. The summed E-state index contributed by atoms with van der Waals surface area (Å²) in [5.41, 5.74) is 0. The molecule has 0 radical (unpaired) electrons. The Bertz CT molecular complexity index is 153. The van der Waals surface area contributed by atoms with Gasteiger partial charge in [-0.15, -0.1) is 0 Å². The summed E-state index contributed by atoms with van der Waals surface area (Å²) >= 11 is 0. The van der Waals surface area contributed by atoms with Crippen LogP contribution in [0.3, 0.4) is 0 Å². The molecule has 0 saturated heterocycles. The Morgan fingerprint density at radius 1 is 1.20 bits per heavy atom. The van der Waals surface area contributed by atoms with Crippen molar-refractivity contribution in [3.05, 3.63) is 17.0 Å². The van der Waals surface area contributed by atoms with Gasteiger partial charge >= 0.3 is 6.20 Å². The van der Waals surface area contributed by atoms with Crippen LogP contribution in [0.1, 0.15) is 0 Å². The molecule has 10 heavy (non-hydrogen) atoms. The first-order chi connectivity index (χ1) is 4.59. The van der Waals surface area contributed by atoms with Crippen LogP contribution >= 0.6 is 0 Å². The number of hydrogen-bond acceptors (Lipinski definition) is 3. The van der Waals surface area contributed by atoms with Crippen LogP contribution in [0.15, 0.2) is 12.0 Å². The largest absolute Gasteiger partial charge is 0.390 e. The summed E-state index contributed by atoms with van der Waals surface area (Å²) in [5, 5.41) is 8.23. The van der Waals surface area contributed by atoms with Gasteiger partial charge in [0, 0.05) is 28.2 Å². The fraction of sp³-hybridized carbons (Fsp3) is 0.667. The lowest BCUT2D eigenvalue weighted by molar-refractivity contribution is 0.343. The van der Waals surface area contributed by atoms with Crippen molar-refractivity contribution in [2.24, 2.45) is 0 Å². The second-order valence-electron chi connectivity index (χ2n) is 2.39. The van der Waals surface area contributed by atoms with Crippen molar-refractivity contribution in [2.45, 2.75) is 0 Å². The zero-order valence-electron chi connectivity index (χ0n) is 6.87. The Morgan fingerprint density at radius 2 is 1.60 bits per heavy atom. The van der Waals surface area contributed by atoms with Crippen LogP contribution in [-0.4, -0.2) is 38.0 Å². The summed E-state index contributed by atoms with van der Waals surface area (Å²) in [7, 11) is 7.54. The Hall–Kier alpha value is -1.24. The van der Waals surface area contributed by atoms with Gasteiger partial charge in [-0.1, -0.05) is 0 Å². The van der Waals surface area contributed by atoms with Crippen LogP contribution < -0.4 is 0 Å². The first-order valence-electron chi connectivity index (χ1n) is 2.98. The van der Waals surface area contributed by atoms with Crippen molar-refractivity contribution in [1.29, 1.82) is 5.39 Å². The molecule has 0 atom stereocenters. The standard InChI is InChI=1S/C6H13N4/c1-9(2)6(5-8-7)10(3)4/h5H,1-4H3/q+1. The van der Waals surface area contributed by atoms with Gasteiger partial charge in [0.15, 0.2) is 10.8 Å². The second kappa shape index (κ2) is 3.72. The van der Waals surface area contributed by atoms with Crippen LogP contribution in [0.2, 0.25) is 0 Å². The van der Waals surface area contributed by atoms with Crippen molar-refractivity contribution in [3.63, 3.8) is 0 Å². The van der Waals surface area contributed by atoms with Gasteiger partial charge in [0.2, 0.25) is 5.39 Å². The SMILES string of the molecule is CN(C)C(=C[N+]#N)N(C)C. The van der Waals surface area contributed by atoms with Gasteiger partial charge < -0.3 is 9.80 Å². The molecule has 0 bridgehead atoms. The lowest BCUT2D eigenvalue weighted by Crippen LogP contribution is -2.24. The van der Waals surface area contributed by atoms with E-state index in [1.807, 2.05) is 38.0 Å². The van der Waals surface area contributed by atoms with Gasteiger partial charge in [0.25, 0.3) is 0 Å². The third-order valence-electron chi connectivity index (χ3n) is 1.09. The average molecular weight is 141 g/mol. The van der Waals surface area contributed by atoms with E-state index in [9.17, 15) is 0 Å². The zero-order valence-corrected chi connectivity index (χ0v) is 6.87. The minimum atomic E-state index is 0.850. The molecule has 0 rings (SSSR count). The topological polar surface area (TPSA) is 34.6 Å². The van der Waals surface area contributed by atoms with Crippen molar-refractivity contribution < 1.29 is 0 Å². The normalized spacial score (nSPS) is 7.90. The molecule has 0 aromatic rings. The first-order valence-corrected chi connectivity index (χ1v) is 2.98. The van der Waals surface area contributed by atoms with E-state index in [1.54, 1.807) is 0 Å². The molecule has 4 nitrogen and oxygen atoms in total. The number of diazo groups is 1. The smallest absolute Gasteiger partial charge is 0.358 e. The van der Waals surface area contributed by atoms with E-state index >= 15 is 0 Å². The van der Waals surface area contributed by atoms with E-state index < -0.39 is 0 Å². The minimum Gasteiger partial charge on any atom is -0.358 e. The molecule has 56 valence electrons. The van der Waals surface area contributed by atoms with Crippen LogP contribution in [0.25, 0.3) is 4.98 Å². The molecule has 0 heterocycles. The van der Waals surface area contributed by atoms with Crippen LogP contribution in [0, 0.1) is 5.39 Å². The van der Waals surface area contributed by atoms with E-state index in [-0.39, 0.29) is 0 Å². The van der Waals surface area contributed by atoms with Crippen LogP contribution in [-0.2, 0) is 0 Å². The van der Waals surface area contributed by atoms with Crippen molar-refractivity contribution in [2.75, 3.05) is 28.2 Å².